The lowest BCUT2D eigenvalue weighted by Crippen LogP contribution is -2.41. The van der Waals surface area contributed by atoms with E-state index in [1.165, 1.54) is 0 Å². The van der Waals surface area contributed by atoms with Gasteiger partial charge in [-0.1, -0.05) is 6.92 Å². The van der Waals surface area contributed by atoms with E-state index >= 15 is 0 Å². The zero-order valence-corrected chi connectivity index (χ0v) is 12.8. The second-order valence-corrected chi connectivity index (χ2v) is 4.24. The molecule has 0 saturated carbocycles. The van der Waals surface area contributed by atoms with Crippen molar-refractivity contribution in [3.8, 4) is 5.75 Å². The lowest BCUT2D eigenvalue weighted by Gasteiger charge is -2.27. The van der Waals surface area contributed by atoms with Gasteiger partial charge >= 0.3 is 0 Å². The van der Waals surface area contributed by atoms with Crippen LogP contribution in [0, 0.1) is 0 Å². The first-order valence-electron chi connectivity index (χ1n) is 7.02. The number of hydrazine groups is 1. The van der Waals surface area contributed by atoms with Crippen LogP contribution < -0.4 is 16.0 Å². The van der Waals surface area contributed by atoms with Crippen molar-refractivity contribution in [1.82, 2.24) is 15.2 Å². The Morgan fingerprint density at radius 3 is 2.40 bits per heavy atom. The molecule has 0 fully saturated rings. The Balaban J connectivity index is 3.10. The summed E-state index contributed by atoms with van der Waals surface area (Å²) >= 11 is 0. The molecule has 1 atom stereocenters. The number of hydrogen-bond donors (Lipinski definition) is 2. The number of nitrogens with one attached hydrogen (secondary N) is 1. The van der Waals surface area contributed by atoms with Crippen molar-refractivity contribution < 1.29 is 14.2 Å². The molecule has 0 saturated heterocycles. The third-order valence-electron chi connectivity index (χ3n) is 2.91. The van der Waals surface area contributed by atoms with Crippen LogP contribution in [0.1, 0.15) is 38.9 Å². The van der Waals surface area contributed by atoms with E-state index in [4.69, 9.17) is 20.1 Å². The highest BCUT2D eigenvalue weighted by molar-refractivity contribution is 5.28. The van der Waals surface area contributed by atoms with Gasteiger partial charge in [0.25, 0.3) is 0 Å². The summed E-state index contributed by atoms with van der Waals surface area (Å²) in [7, 11) is 1.61. The molecule has 0 bridgehead atoms. The van der Waals surface area contributed by atoms with Gasteiger partial charge in [0.2, 0.25) is 0 Å². The maximum absolute atomic E-state index is 5.71. The van der Waals surface area contributed by atoms with Gasteiger partial charge in [0.15, 0.2) is 12.0 Å². The Hall–Kier alpha value is -1.15. The zero-order valence-electron chi connectivity index (χ0n) is 12.8. The average Bonchev–Trinajstić information content (AvgIpc) is 2.84. The molecule has 0 radical (unpaired) electrons. The molecule has 0 aliphatic rings. The van der Waals surface area contributed by atoms with E-state index in [2.05, 4.69) is 17.4 Å². The van der Waals surface area contributed by atoms with E-state index in [0.717, 1.165) is 18.7 Å². The summed E-state index contributed by atoms with van der Waals surface area (Å²) in [6.07, 6.45) is 2.16. The highest BCUT2D eigenvalue weighted by atomic mass is 16.7. The summed E-state index contributed by atoms with van der Waals surface area (Å²) in [6.45, 7) is 7.77. The Labute approximate surface area is 120 Å². The van der Waals surface area contributed by atoms with E-state index in [-0.39, 0.29) is 6.04 Å². The Kier molecular flexibility index (Phi) is 7.53. The number of methoxy groups -OCH3 is 1. The predicted octanol–water partition coefficient (Wildman–Crippen LogP) is 1.21. The first-order valence-corrected chi connectivity index (χ1v) is 7.02. The van der Waals surface area contributed by atoms with Crippen LogP contribution in [-0.4, -0.2) is 36.4 Å². The lowest BCUT2D eigenvalue weighted by atomic mass is 10.2. The highest BCUT2D eigenvalue weighted by Gasteiger charge is 2.29. The van der Waals surface area contributed by atoms with Crippen LogP contribution in [0.15, 0.2) is 6.20 Å². The summed E-state index contributed by atoms with van der Waals surface area (Å²) in [5, 5.41) is 4.33. The van der Waals surface area contributed by atoms with Gasteiger partial charge in [-0.05, 0) is 20.3 Å². The van der Waals surface area contributed by atoms with Gasteiger partial charge in [-0.2, -0.15) is 5.10 Å². The molecule has 7 nitrogen and oxygen atoms in total. The number of nitrogens with two attached hydrogens (primary N) is 1. The highest BCUT2D eigenvalue weighted by Crippen LogP contribution is 2.28. The van der Waals surface area contributed by atoms with Crippen LogP contribution in [0.4, 0.5) is 0 Å². The summed E-state index contributed by atoms with van der Waals surface area (Å²) < 4.78 is 18.5. The second-order valence-electron chi connectivity index (χ2n) is 4.24. The van der Waals surface area contributed by atoms with Gasteiger partial charge in [-0.3, -0.25) is 10.5 Å². The van der Waals surface area contributed by atoms with Gasteiger partial charge in [0.05, 0.1) is 13.3 Å². The number of aromatic nitrogens is 2. The van der Waals surface area contributed by atoms with Crippen molar-refractivity contribution in [3.05, 3.63) is 11.9 Å². The van der Waals surface area contributed by atoms with Crippen LogP contribution in [-0.2, 0) is 16.0 Å². The maximum Gasteiger partial charge on any atom is 0.179 e. The topological polar surface area (TPSA) is 83.6 Å². The summed E-state index contributed by atoms with van der Waals surface area (Å²) in [6, 6.07) is -0.348. The zero-order chi connectivity index (χ0) is 15.0. The minimum Gasteiger partial charge on any atom is -0.493 e. The predicted molar refractivity (Wildman–Crippen MR) is 76.2 cm³/mol. The third-order valence-corrected chi connectivity index (χ3v) is 2.91. The van der Waals surface area contributed by atoms with Crippen LogP contribution in [0.5, 0.6) is 5.75 Å². The number of nitrogens with zero attached hydrogens (tertiary/aromatic N) is 2. The fourth-order valence-electron chi connectivity index (χ4n) is 2.09. The molecule has 1 unspecified atom stereocenters. The number of hydrogen-bond acceptors (Lipinski definition) is 6. The van der Waals surface area contributed by atoms with Crippen LogP contribution in [0.25, 0.3) is 0 Å². The van der Waals surface area contributed by atoms with Crippen molar-refractivity contribution >= 4 is 0 Å². The summed E-state index contributed by atoms with van der Waals surface area (Å²) in [5.74, 6) is 6.38. The number of aryl methyl sites for hydroxylation is 1. The Bertz CT molecular complexity index is 378. The van der Waals surface area contributed by atoms with E-state index in [1.54, 1.807) is 13.3 Å². The molecule has 20 heavy (non-hydrogen) atoms. The van der Waals surface area contributed by atoms with Crippen molar-refractivity contribution in [1.29, 1.82) is 0 Å². The molecule has 0 spiro atoms. The van der Waals surface area contributed by atoms with E-state index < -0.39 is 6.29 Å². The van der Waals surface area contributed by atoms with Crippen molar-refractivity contribution in [2.24, 2.45) is 5.84 Å². The van der Waals surface area contributed by atoms with Crippen molar-refractivity contribution in [2.75, 3.05) is 20.3 Å². The Morgan fingerprint density at radius 1 is 1.30 bits per heavy atom. The molecule has 1 aromatic rings. The molecule has 0 aromatic carbocycles. The number of rotatable bonds is 10. The molecular weight excluding hydrogens is 260 g/mol. The summed E-state index contributed by atoms with van der Waals surface area (Å²) in [5.41, 5.74) is 3.59. The smallest absolute Gasteiger partial charge is 0.179 e. The van der Waals surface area contributed by atoms with Crippen LogP contribution in [0.2, 0.25) is 0 Å². The van der Waals surface area contributed by atoms with Crippen LogP contribution in [0.3, 0.4) is 0 Å². The molecule has 7 heteroatoms. The van der Waals surface area contributed by atoms with E-state index in [1.807, 2.05) is 18.5 Å². The largest absolute Gasteiger partial charge is 0.493 e. The van der Waals surface area contributed by atoms with Gasteiger partial charge in [0.1, 0.15) is 11.7 Å². The van der Waals surface area contributed by atoms with E-state index in [9.17, 15) is 0 Å². The van der Waals surface area contributed by atoms with Gasteiger partial charge in [-0.25, -0.2) is 5.43 Å². The van der Waals surface area contributed by atoms with Gasteiger partial charge < -0.3 is 14.2 Å². The monoisotopic (exact) mass is 286 g/mol. The minimum atomic E-state index is -0.490. The minimum absolute atomic E-state index is 0.348. The fourth-order valence-corrected chi connectivity index (χ4v) is 2.09. The van der Waals surface area contributed by atoms with Gasteiger partial charge in [0, 0.05) is 19.8 Å². The average molecular weight is 286 g/mol. The quantitative estimate of drug-likeness (QED) is 0.382. The molecule has 0 amide bonds. The molecule has 0 aliphatic carbocycles. The first-order chi connectivity index (χ1) is 9.73. The second kappa shape index (κ2) is 8.91. The van der Waals surface area contributed by atoms with Crippen LogP contribution >= 0.6 is 0 Å². The van der Waals surface area contributed by atoms with Gasteiger partial charge in [-0.15, -0.1) is 0 Å². The van der Waals surface area contributed by atoms with Crippen molar-refractivity contribution in [2.45, 2.75) is 46.1 Å². The third kappa shape index (κ3) is 3.92. The normalized spacial score (nSPS) is 12.9. The van der Waals surface area contributed by atoms with Crippen molar-refractivity contribution in [3.63, 3.8) is 0 Å². The Morgan fingerprint density at radius 2 is 1.95 bits per heavy atom. The SMILES string of the molecule is CCCn1ncc(OC)c1C(NN)C(OCC)OCC. The first kappa shape index (κ1) is 16.9. The molecule has 1 aromatic heterocycles. The standard InChI is InChI=1S/C13H26N4O3/c1-5-8-17-12(10(18-4)9-15-17)11(16-14)13(19-6-2)20-7-3/h9,11,13,16H,5-8,14H2,1-4H3. The summed E-state index contributed by atoms with van der Waals surface area (Å²) in [4.78, 5) is 0. The van der Waals surface area contributed by atoms with E-state index in [0.29, 0.717) is 19.0 Å². The molecule has 1 heterocycles. The molecule has 1 rings (SSSR count). The molecule has 3 N–H and O–H groups in total. The molecular formula is C13H26N4O3. The lowest BCUT2D eigenvalue weighted by molar-refractivity contribution is -0.156. The fraction of sp³-hybridized carbons (Fsp3) is 0.769. The molecule has 116 valence electrons. The maximum atomic E-state index is 5.71. The number of ether oxygens (including phenoxy) is 3. The molecule has 0 aliphatic heterocycles.